The highest BCUT2D eigenvalue weighted by Gasteiger charge is 2.18. The highest BCUT2D eigenvalue weighted by molar-refractivity contribution is 5.27. The van der Waals surface area contributed by atoms with E-state index in [2.05, 4.69) is 35.9 Å². The summed E-state index contributed by atoms with van der Waals surface area (Å²) in [5.74, 6) is 0. The predicted molar refractivity (Wildman–Crippen MR) is 52.8 cm³/mol. The highest BCUT2D eigenvalue weighted by atomic mass is 15.3. The molecule has 0 fully saturated rings. The quantitative estimate of drug-likeness (QED) is 0.706. The second kappa shape index (κ2) is 3.14. The number of nitrogens with zero attached hydrogens (tertiary/aromatic N) is 2. The number of aromatic nitrogens is 2. The molecule has 0 bridgehead atoms. The van der Waals surface area contributed by atoms with Crippen molar-refractivity contribution in [2.45, 2.75) is 39.8 Å². The second-order valence-electron chi connectivity index (χ2n) is 3.98. The van der Waals surface area contributed by atoms with Gasteiger partial charge < -0.3 is 5.32 Å². The molecule has 0 radical (unpaired) electrons. The summed E-state index contributed by atoms with van der Waals surface area (Å²) >= 11 is 0. The van der Waals surface area contributed by atoms with Gasteiger partial charge in [0.2, 0.25) is 0 Å². The largest absolute Gasteiger partial charge is 0.312 e. The van der Waals surface area contributed by atoms with Crippen molar-refractivity contribution >= 4 is 0 Å². The summed E-state index contributed by atoms with van der Waals surface area (Å²) in [6, 6.07) is 0.487. The molecule has 0 saturated heterocycles. The first kappa shape index (κ1) is 8.75. The van der Waals surface area contributed by atoms with E-state index in [-0.39, 0.29) is 0 Å². The summed E-state index contributed by atoms with van der Waals surface area (Å²) in [6.07, 6.45) is 1.12. The SMILES string of the molecule is Cc1nn(C(C)C)c2c1CNCC2. The van der Waals surface area contributed by atoms with Gasteiger partial charge in [0, 0.05) is 36.8 Å². The van der Waals surface area contributed by atoms with Crippen molar-refractivity contribution in [3.8, 4) is 0 Å². The summed E-state index contributed by atoms with van der Waals surface area (Å²) < 4.78 is 2.17. The first-order valence-electron chi connectivity index (χ1n) is 4.97. The Morgan fingerprint density at radius 3 is 2.92 bits per heavy atom. The molecule has 0 unspecified atom stereocenters. The third kappa shape index (κ3) is 1.37. The molecule has 13 heavy (non-hydrogen) atoms. The second-order valence-corrected chi connectivity index (χ2v) is 3.98. The molecule has 3 nitrogen and oxygen atoms in total. The molecular weight excluding hydrogens is 162 g/mol. The van der Waals surface area contributed by atoms with Crippen molar-refractivity contribution in [1.82, 2.24) is 15.1 Å². The first-order chi connectivity index (χ1) is 6.20. The molecular formula is C10H17N3. The Morgan fingerprint density at radius 1 is 1.46 bits per heavy atom. The van der Waals surface area contributed by atoms with E-state index in [0.717, 1.165) is 19.5 Å². The minimum atomic E-state index is 0.487. The van der Waals surface area contributed by atoms with E-state index in [1.54, 1.807) is 0 Å². The maximum atomic E-state index is 4.57. The molecule has 0 spiro atoms. The monoisotopic (exact) mass is 179 g/mol. The average molecular weight is 179 g/mol. The van der Waals surface area contributed by atoms with Crippen LogP contribution in [-0.4, -0.2) is 16.3 Å². The standard InChI is InChI=1S/C10H17N3/c1-7(2)13-10-4-5-11-6-9(10)8(3)12-13/h7,11H,4-6H2,1-3H3. The van der Waals surface area contributed by atoms with Crippen LogP contribution in [0.3, 0.4) is 0 Å². The van der Waals surface area contributed by atoms with Gasteiger partial charge in [0.15, 0.2) is 0 Å². The number of hydrogen-bond acceptors (Lipinski definition) is 2. The van der Waals surface area contributed by atoms with E-state index in [9.17, 15) is 0 Å². The van der Waals surface area contributed by atoms with Gasteiger partial charge in [0.25, 0.3) is 0 Å². The Bertz CT molecular complexity index is 312. The normalized spacial score (nSPS) is 16.3. The van der Waals surface area contributed by atoms with Gasteiger partial charge in [-0.15, -0.1) is 0 Å². The van der Waals surface area contributed by atoms with Gasteiger partial charge in [-0.3, -0.25) is 4.68 Å². The molecule has 0 atom stereocenters. The van der Waals surface area contributed by atoms with Gasteiger partial charge in [-0.25, -0.2) is 0 Å². The lowest BCUT2D eigenvalue weighted by Crippen LogP contribution is -2.25. The molecule has 72 valence electrons. The molecule has 1 aliphatic rings. The van der Waals surface area contributed by atoms with E-state index in [0.29, 0.717) is 6.04 Å². The van der Waals surface area contributed by atoms with E-state index < -0.39 is 0 Å². The van der Waals surface area contributed by atoms with Crippen molar-refractivity contribution in [2.75, 3.05) is 6.54 Å². The van der Waals surface area contributed by atoms with Crippen LogP contribution in [0.4, 0.5) is 0 Å². The summed E-state index contributed by atoms with van der Waals surface area (Å²) in [5, 5.41) is 7.95. The maximum absolute atomic E-state index is 4.57. The average Bonchev–Trinajstić information content (AvgIpc) is 2.45. The molecule has 0 aromatic carbocycles. The molecule has 1 aromatic rings. The van der Waals surface area contributed by atoms with Crippen molar-refractivity contribution in [3.05, 3.63) is 17.0 Å². The van der Waals surface area contributed by atoms with Gasteiger partial charge in [-0.05, 0) is 20.8 Å². The van der Waals surface area contributed by atoms with Crippen molar-refractivity contribution in [1.29, 1.82) is 0 Å². The van der Waals surface area contributed by atoms with Gasteiger partial charge in [0.1, 0.15) is 0 Å². The zero-order valence-corrected chi connectivity index (χ0v) is 8.59. The minimum absolute atomic E-state index is 0.487. The Hall–Kier alpha value is -0.830. The molecule has 1 N–H and O–H groups in total. The van der Waals surface area contributed by atoms with E-state index in [1.807, 2.05) is 0 Å². The molecule has 1 aromatic heterocycles. The molecule has 1 aliphatic heterocycles. The van der Waals surface area contributed by atoms with Crippen LogP contribution in [0.5, 0.6) is 0 Å². The lowest BCUT2D eigenvalue weighted by molar-refractivity contribution is 0.492. The lowest BCUT2D eigenvalue weighted by Gasteiger charge is -2.17. The maximum Gasteiger partial charge on any atom is 0.0641 e. The van der Waals surface area contributed by atoms with Crippen molar-refractivity contribution in [3.63, 3.8) is 0 Å². The Balaban J connectivity index is 2.47. The van der Waals surface area contributed by atoms with Crippen LogP contribution in [0.15, 0.2) is 0 Å². The van der Waals surface area contributed by atoms with Gasteiger partial charge in [-0.2, -0.15) is 5.10 Å². The number of rotatable bonds is 1. The van der Waals surface area contributed by atoms with Crippen molar-refractivity contribution in [2.24, 2.45) is 0 Å². The lowest BCUT2D eigenvalue weighted by atomic mass is 10.1. The fourth-order valence-corrected chi connectivity index (χ4v) is 1.97. The fourth-order valence-electron chi connectivity index (χ4n) is 1.97. The zero-order chi connectivity index (χ0) is 9.42. The Morgan fingerprint density at radius 2 is 2.23 bits per heavy atom. The fraction of sp³-hybridized carbons (Fsp3) is 0.700. The number of aryl methyl sites for hydroxylation is 1. The van der Waals surface area contributed by atoms with Crippen LogP contribution in [0, 0.1) is 6.92 Å². The number of fused-ring (bicyclic) bond motifs is 1. The van der Waals surface area contributed by atoms with Crippen LogP contribution in [0.1, 0.15) is 36.8 Å². The molecule has 0 amide bonds. The van der Waals surface area contributed by atoms with Crippen LogP contribution in [-0.2, 0) is 13.0 Å². The van der Waals surface area contributed by atoms with Crippen LogP contribution >= 0.6 is 0 Å². The molecule has 2 rings (SSSR count). The van der Waals surface area contributed by atoms with Crippen LogP contribution in [0.25, 0.3) is 0 Å². The molecule has 2 heterocycles. The Labute approximate surface area is 79.1 Å². The van der Waals surface area contributed by atoms with E-state index in [4.69, 9.17) is 0 Å². The van der Waals surface area contributed by atoms with Crippen LogP contribution < -0.4 is 5.32 Å². The Kier molecular flexibility index (Phi) is 2.12. The van der Waals surface area contributed by atoms with Gasteiger partial charge >= 0.3 is 0 Å². The molecule has 3 heteroatoms. The highest BCUT2D eigenvalue weighted by Crippen LogP contribution is 2.20. The van der Waals surface area contributed by atoms with Gasteiger partial charge in [0.05, 0.1) is 5.69 Å². The van der Waals surface area contributed by atoms with E-state index in [1.165, 1.54) is 17.0 Å². The summed E-state index contributed by atoms with van der Waals surface area (Å²) in [7, 11) is 0. The summed E-state index contributed by atoms with van der Waals surface area (Å²) in [4.78, 5) is 0. The topological polar surface area (TPSA) is 29.9 Å². The minimum Gasteiger partial charge on any atom is -0.312 e. The third-order valence-corrected chi connectivity index (χ3v) is 2.65. The summed E-state index contributed by atoms with van der Waals surface area (Å²) in [6.45, 7) is 8.56. The number of hydrogen-bond donors (Lipinski definition) is 1. The molecule has 0 saturated carbocycles. The van der Waals surface area contributed by atoms with E-state index >= 15 is 0 Å². The smallest absolute Gasteiger partial charge is 0.0641 e. The van der Waals surface area contributed by atoms with Crippen LogP contribution in [0.2, 0.25) is 0 Å². The van der Waals surface area contributed by atoms with Gasteiger partial charge in [-0.1, -0.05) is 0 Å². The number of nitrogens with one attached hydrogen (secondary N) is 1. The molecule has 0 aliphatic carbocycles. The third-order valence-electron chi connectivity index (χ3n) is 2.65. The predicted octanol–water partition coefficient (Wildman–Crippen LogP) is 1.42. The summed E-state index contributed by atoms with van der Waals surface area (Å²) in [5.41, 5.74) is 4.04. The zero-order valence-electron chi connectivity index (χ0n) is 8.59. The van der Waals surface area contributed by atoms with Crippen molar-refractivity contribution < 1.29 is 0 Å². The first-order valence-corrected chi connectivity index (χ1v) is 4.97.